The van der Waals surface area contributed by atoms with E-state index in [0.717, 1.165) is 17.5 Å². The molecular formula is C13H15NO4S. The van der Waals surface area contributed by atoms with Crippen LogP contribution in [0.1, 0.15) is 11.5 Å². The number of aryl methyl sites for hydroxylation is 1. The number of oxazole rings is 1. The number of benzene rings is 1. The molecule has 1 aromatic carbocycles. The maximum absolute atomic E-state index is 10.9. The minimum atomic E-state index is -3.41. The molecule has 102 valence electrons. The van der Waals surface area contributed by atoms with Crippen LogP contribution in [0.25, 0.3) is 11.5 Å². The first-order chi connectivity index (χ1) is 8.96. The number of rotatable bonds is 5. The standard InChI is InChI=1S/C13H15NO4S/c1-10-12(8-9-17-19(2,15)16)18-13(14-10)11-6-4-3-5-7-11/h3-7H,8-9H2,1-2H3. The number of aromatic nitrogens is 1. The second-order valence-electron chi connectivity index (χ2n) is 4.17. The van der Waals surface area contributed by atoms with Crippen LogP contribution in [0.2, 0.25) is 0 Å². The van der Waals surface area contributed by atoms with Gasteiger partial charge in [-0.2, -0.15) is 8.42 Å². The summed E-state index contributed by atoms with van der Waals surface area (Å²) in [6.45, 7) is 1.88. The molecule has 0 saturated heterocycles. The fourth-order valence-electron chi connectivity index (χ4n) is 1.65. The molecule has 0 spiro atoms. The summed E-state index contributed by atoms with van der Waals surface area (Å²) in [6, 6.07) is 9.53. The first-order valence-electron chi connectivity index (χ1n) is 5.82. The molecule has 19 heavy (non-hydrogen) atoms. The van der Waals surface area contributed by atoms with E-state index in [1.807, 2.05) is 37.3 Å². The van der Waals surface area contributed by atoms with Gasteiger partial charge in [-0.3, -0.25) is 4.18 Å². The Morgan fingerprint density at radius 3 is 2.58 bits per heavy atom. The van der Waals surface area contributed by atoms with Crippen molar-refractivity contribution in [2.45, 2.75) is 13.3 Å². The summed E-state index contributed by atoms with van der Waals surface area (Å²) in [5.41, 5.74) is 1.64. The minimum Gasteiger partial charge on any atom is -0.441 e. The van der Waals surface area contributed by atoms with Crippen LogP contribution in [-0.4, -0.2) is 26.3 Å². The molecule has 0 bridgehead atoms. The smallest absolute Gasteiger partial charge is 0.264 e. The maximum atomic E-state index is 10.9. The average Bonchev–Trinajstić information content (AvgIpc) is 2.71. The zero-order valence-electron chi connectivity index (χ0n) is 10.8. The van der Waals surface area contributed by atoms with E-state index in [1.54, 1.807) is 0 Å². The molecule has 0 aliphatic rings. The van der Waals surface area contributed by atoms with Crippen LogP contribution in [0.5, 0.6) is 0 Å². The van der Waals surface area contributed by atoms with Crippen LogP contribution in [0.15, 0.2) is 34.7 Å². The first kappa shape index (κ1) is 13.8. The van der Waals surface area contributed by atoms with Crippen molar-refractivity contribution >= 4 is 10.1 Å². The van der Waals surface area contributed by atoms with Crippen molar-refractivity contribution < 1.29 is 17.0 Å². The molecule has 0 radical (unpaired) electrons. The van der Waals surface area contributed by atoms with Gasteiger partial charge in [0.2, 0.25) is 5.89 Å². The quantitative estimate of drug-likeness (QED) is 0.786. The van der Waals surface area contributed by atoms with Gasteiger partial charge >= 0.3 is 0 Å². The molecule has 0 N–H and O–H groups in total. The third-order valence-corrected chi connectivity index (χ3v) is 3.13. The van der Waals surface area contributed by atoms with Gasteiger partial charge in [-0.15, -0.1) is 0 Å². The predicted molar refractivity (Wildman–Crippen MR) is 71.2 cm³/mol. The van der Waals surface area contributed by atoms with Crippen LogP contribution in [0, 0.1) is 6.92 Å². The Morgan fingerprint density at radius 1 is 1.26 bits per heavy atom. The Bertz CT molecular complexity index is 647. The Morgan fingerprint density at radius 2 is 1.95 bits per heavy atom. The van der Waals surface area contributed by atoms with Crippen molar-refractivity contribution in [2.24, 2.45) is 0 Å². The van der Waals surface area contributed by atoms with Crippen LogP contribution >= 0.6 is 0 Å². The fourth-order valence-corrected chi connectivity index (χ4v) is 2.04. The molecular weight excluding hydrogens is 266 g/mol. The van der Waals surface area contributed by atoms with Gasteiger partial charge in [0.1, 0.15) is 5.76 Å². The van der Waals surface area contributed by atoms with Gasteiger partial charge in [0.25, 0.3) is 10.1 Å². The molecule has 1 aromatic heterocycles. The van der Waals surface area contributed by atoms with Gasteiger partial charge in [-0.25, -0.2) is 4.98 Å². The molecule has 0 saturated carbocycles. The zero-order chi connectivity index (χ0) is 13.9. The summed E-state index contributed by atoms with van der Waals surface area (Å²) >= 11 is 0. The van der Waals surface area contributed by atoms with Crippen molar-refractivity contribution in [2.75, 3.05) is 12.9 Å². The molecule has 1 heterocycles. The second-order valence-corrected chi connectivity index (χ2v) is 5.81. The third-order valence-electron chi connectivity index (χ3n) is 2.54. The third kappa shape index (κ3) is 3.90. The molecule has 5 nitrogen and oxygen atoms in total. The summed E-state index contributed by atoms with van der Waals surface area (Å²) in [6.07, 6.45) is 1.40. The highest BCUT2D eigenvalue weighted by Gasteiger charge is 2.12. The number of hydrogen-bond donors (Lipinski definition) is 0. The zero-order valence-corrected chi connectivity index (χ0v) is 11.6. The Kier molecular flexibility index (Phi) is 4.01. The van der Waals surface area contributed by atoms with E-state index in [2.05, 4.69) is 9.17 Å². The van der Waals surface area contributed by atoms with Crippen molar-refractivity contribution in [3.05, 3.63) is 41.8 Å². The van der Waals surface area contributed by atoms with Gasteiger partial charge < -0.3 is 4.42 Å². The van der Waals surface area contributed by atoms with Crippen LogP contribution in [-0.2, 0) is 20.7 Å². The molecule has 0 fully saturated rings. The molecule has 0 aliphatic heterocycles. The Hall–Kier alpha value is -1.66. The molecule has 0 aliphatic carbocycles. The van der Waals surface area contributed by atoms with Gasteiger partial charge in [-0.05, 0) is 19.1 Å². The number of hydrogen-bond acceptors (Lipinski definition) is 5. The van der Waals surface area contributed by atoms with E-state index >= 15 is 0 Å². The normalized spacial score (nSPS) is 11.7. The lowest BCUT2D eigenvalue weighted by atomic mass is 10.2. The summed E-state index contributed by atoms with van der Waals surface area (Å²) in [7, 11) is -3.41. The van der Waals surface area contributed by atoms with Crippen LogP contribution < -0.4 is 0 Å². The second kappa shape index (κ2) is 5.54. The van der Waals surface area contributed by atoms with Crippen molar-refractivity contribution in [3.63, 3.8) is 0 Å². The Labute approximate surface area is 112 Å². The summed E-state index contributed by atoms with van der Waals surface area (Å²) in [5.74, 6) is 1.18. The minimum absolute atomic E-state index is 0.0586. The van der Waals surface area contributed by atoms with Gasteiger partial charge in [-0.1, -0.05) is 18.2 Å². The lowest BCUT2D eigenvalue weighted by Crippen LogP contribution is -2.06. The molecule has 0 unspecified atom stereocenters. The summed E-state index contributed by atoms with van der Waals surface area (Å²) < 4.78 is 32.0. The van der Waals surface area contributed by atoms with Crippen molar-refractivity contribution in [1.29, 1.82) is 0 Å². The van der Waals surface area contributed by atoms with Crippen molar-refractivity contribution in [3.8, 4) is 11.5 Å². The number of nitrogens with zero attached hydrogens (tertiary/aromatic N) is 1. The van der Waals surface area contributed by atoms with E-state index in [9.17, 15) is 8.42 Å². The van der Waals surface area contributed by atoms with Gasteiger partial charge in [0, 0.05) is 12.0 Å². The predicted octanol–water partition coefficient (Wildman–Crippen LogP) is 2.17. The van der Waals surface area contributed by atoms with Gasteiger partial charge in [0.05, 0.1) is 18.6 Å². The van der Waals surface area contributed by atoms with Gasteiger partial charge in [0.15, 0.2) is 0 Å². The topological polar surface area (TPSA) is 69.4 Å². The first-order valence-corrected chi connectivity index (χ1v) is 7.63. The van der Waals surface area contributed by atoms with E-state index in [4.69, 9.17) is 4.42 Å². The SMILES string of the molecule is Cc1nc(-c2ccccc2)oc1CCOS(C)(=O)=O. The average molecular weight is 281 g/mol. The highest BCUT2D eigenvalue weighted by molar-refractivity contribution is 7.85. The van der Waals surface area contributed by atoms with Crippen molar-refractivity contribution in [1.82, 2.24) is 4.98 Å². The summed E-state index contributed by atoms with van der Waals surface area (Å²) in [4.78, 5) is 4.32. The largest absolute Gasteiger partial charge is 0.441 e. The van der Waals surface area contributed by atoms with E-state index in [-0.39, 0.29) is 6.61 Å². The lowest BCUT2D eigenvalue weighted by Gasteiger charge is -1.99. The van der Waals surface area contributed by atoms with E-state index in [1.165, 1.54) is 0 Å². The lowest BCUT2D eigenvalue weighted by molar-refractivity contribution is 0.314. The molecule has 6 heteroatoms. The van der Waals surface area contributed by atoms with E-state index < -0.39 is 10.1 Å². The highest BCUT2D eigenvalue weighted by atomic mass is 32.2. The summed E-state index contributed by atoms with van der Waals surface area (Å²) in [5, 5.41) is 0. The van der Waals surface area contributed by atoms with Crippen LogP contribution in [0.3, 0.4) is 0 Å². The molecule has 0 amide bonds. The highest BCUT2D eigenvalue weighted by Crippen LogP contribution is 2.21. The maximum Gasteiger partial charge on any atom is 0.264 e. The molecule has 2 rings (SSSR count). The molecule has 0 atom stereocenters. The fraction of sp³-hybridized carbons (Fsp3) is 0.308. The Balaban J connectivity index is 2.09. The monoisotopic (exact) mass is 281 g/mol. The molecule has 2 aromatic rings. The van der Waals surface area contributed by atoms with E-state index in [0.29, 0.717) is 18.1 Å². The van der Waals surface area contributed by atoms with Crippen LogP contribution in [0.4, 0.5) is 0 Å².